The number of piperidine rings is 1. The molecule has 2 atom stereocenters. The molecule has 2 aliphatic rings. The zero-order valence-electron chi connectivity index (χ0n) is 23.3. The summed E-state index contributed by atoms with van der Waals surface area (Å²) < 4.78 is 10.8. The topological polar surface area (TPSA) is 95.9 Å². The van der Waals surface area contributed by atoms with Crippen LogP contribution in [0.3, 0.4) is 0 Å². The van der Waals surface area contributed by atoms with E-state index in [0.29, 0.717) is 50.4 Å². The lowest BCUT2D eigenvalue weighted by Crippen LogP contribution is -2.48. The summed E-state index contributed by atoms with van der Waals surface area (Å²) in [6, 6.07) is 8.52. The molecule has 39 heavy (non-hydrogen) atoms. The zero-order valence-corrected chi connectivity index (χ0v) is 24.2. The molecular weight excluding hydrogens is 512 g/mol. The van der Waals surface area contributed by atoms with E-state index < -0.39 is 6.10 Å². The summed E-state index contributed by atoms with van der Waals surface area (Å²) in [7, 11) is 1.64. The van der Waals surface area contributed by atoms with Gasteiger partial charge in [0.15, 0.2) is 0 Å². The van der Waals surface area contributed by atoms with Crippen LogP contribution in [0.25, 0.3) is 10.8 Å². The maximum Gasteiger partial charge on any atom is 0.227 e. The molecule has 2 aromatic heterocycles. The van der Waals surface area contributed by atoms with Crippen molar-refractivity contribution in [3.05, 3.63) is 42.2 Å². The number of fused-ring (bicyclic) bond motifs is 1. The highest BCUT2D eigenvalue weighted by molar-refractivity contribution is 7.98. The van der Waals surface area contributed by atoms with Gasteiger partial charge in [-0.25, -0.2) is 9.97 Å². The lowest BCUT2D eigenvalue weighted by Gasteiger charge is -2.41. The normalized spacial score (nSPS) is 20.1. The van der Waals surface area contributed by atoms with Crippen molar-refractivity contribution >= 4 is 45.8 Å². The monoisotopic (exact) mass is 552 g/mol. The van der Waals surface area contributed by atoms with E-state index in [1.165, 1.54) is 27.8 Å². The summed E-state index contributed by atoms with van der Waals surface area (Å²) in [4.78, 5) is 18.5. The number of ether oxygens (including phenoxy) is 2. The molecule has 3 aromatic rings. The third kappa shape index (κ3) is 6.40. The smallest absolute Gasteiger partial charge is 0.227 e. The van der Waals surface area contributed by atoms with Crippen molar-refractivity contribution in [3.63, 3.8) is 0 Å². The van der Waals surface area contributed by atoms with E-state index in [2.05, 4.69) is 53.5 Å². The Balaban J connectivity index is 1.32. The molecule has 4 heterocycles. The molecule has 0 aliphatic carbocycles. The van der Waals surface area contributed by atoms with Crippen LogP contribution in [0.15, 0.2) is 36.7 Å². The Bertz CT molecular complexity index is 1250. The maximum atomic E-state index is 10.6. The number of hydrogen-bond donors (Lipinski definition) is 2. The number of rotatable bonds is 11. The predicted molar refractivity (Wildman–Crippen MR) is 160 cm³/mol. The fourth-order valence-corrected chi connectivity index (χ4v) is 6.15. The van der Waals surface area contributed by atoms with Gasteiger partial charge in [-0.1, -0.05) is 19.9 Å². The van der Waals surface area contributed by atoms with E-state index in [-0.39, 0.29) is 6.10 Å². The summed E-state index contributed by atoms with van der Waals surface area (Å²) in [6.07, 6.45) is 5.81. The first-order chi connectivity index (χ1) is 19.0. The molecule has 0 spiro atoms. The molecule has 0 amide bonds. The SMILES string of the molecule is COCCO[C@@H]1CCN(c2nccc(Nc3cc4c(C(C)C)ccc(N5CC(CSC)C5)c4cn3)n2)CC1O. The molecule has 9 nitrogen and oxygen atoms in total. The van der Waals surface area contributed by atoms with Gasteiger partial charge in [0.05, 0.1) is 25.4 Å². The van der Waals surface area contributed by atoms with Crippen LogP contribution in [-0.2, 0) is 9.47 Å². The minimum Gasteiger partial charge on any atom is -0.389 e. The number of hydrogen-bond acceptors (Lipinski definition) is 10. The lowest BCUT2D eigenvalue weighted by atomic mass is 9.93. The van der Waals surface area contributed by atoms with E-state index in [1.807, 2.05) is 28.9 Å². The quantitative estimate of drug-likeness (QED) is 0.335. The number of pyridine rings is 1. The summed E-state index contributed by atoms with van der Waals surface area (Å²) in [5.41, 5.74) is 2.58. The zero-order chi connectivity index (χ0) is 27.4. The van der Waals surface area contributed by atoms with E-state index in [9.17, 15) is 5.11 Å². The first-order valence-corrected chi connectivity index (χ1v) is 15.2. The lowest BCUT2D eigenvalue weighted by molar-refractivity contribution is -0.0593. The Morgan fingerprint density at radius 1 is 1.08 bits per heavy atom. The minimum atomic E-state index is -0.607. The van der Waals surface area contributed by atoms with E-state index in [1.54, 1.807) is 13.3 Å². The highest BCUT2D eigenvalue weighted by atomic mass is 32.2. The number of thioether (sulfide) groups is 1. The largest absolute Gasteiger partial charge is 0.389 e. The van der Waals surface area contributed by atoms with Gasteiger partial charge >= 0.3 is 0 Å². The second-order valence-corrected chi connectivity index (χ2v) is 11.7. The molecule has 2 aliphatic heterocycles. The molecule has 210 valence electrons. The first kappa shape index (κ1) is 27.9. The van der Waals surface area contributed by atoms with Gasteiger partial charge in [-0.3, -0.25) is 0 Å². The van der Waals surface area contributed by atoms with Crippen molar-refractivity contribution in [2.75, 3.05) is 73.6 Å². The molecule has 10 heteroatoms. The van der Waals surface area contributed by atoms with Crippen molar-refractivity contribution in [3.8, 4) is 0 Å². The number of β-amino-alcohol motifs (C(OH)–C–C–N with tert-alkyl or cyclic N) is 1. The van der Waals surface area contributed by atoms with Crippen LogP contribution in [0.1, 0.15) is 31.7 Å². The van der Waals surface area contributed by atoms with Gasteiger partial charge in [0.25, 0.3) is 0 Å². The number of aromatic nitrogens is 3. The molecule has 2 N–H and O–H groups in total. The molecule has 1 unspecified atom stereocenters. The van der Waals surface area contributed by atoms with Crippen molar-refractivity contribution in [1.82, 2.24) is 15.0 Å². The third-order valence-electron chi connectivity index (χ3n) is 7.56. The average molecular weight is 553 g/mol. The molecule has 0 saturated carbocycles. The second kappa shape index (κ2) is 12.7. The van der Waals surface area contributed by atoms with Crippen molar-refractivity contribution in [2.24, 2.45) is 5.92 Å². The Labute approximate surface area is 235 Å². The summed E-state index contributed by atoms with van der Waals surface area (Å²) in [5.74, 6) is 4.37. The standard InChI is InChI=1S/C29H40N6O3S/c1-19(2)21-5-6-24(35-15-20(16-35)18-39-4)23-14-31-28(13-22(21)23)32-27-7-9-30-29(33-27)34-10-8-26(25(36)17-34)38-12-11-37-3/h5-7,9,13-14,19-20,25-26,36H,8,10-12,15-18H2,1-4H3,(H,30,31,32,33)/t25?,26-/m1/s1. The predicted octanol–water partition coefficient (Wildman–Crippen LogP) is 4.29. The van der Waals surface area contributed by atoms with Crippen LogP contribution in [0.4, 0.5) is 23.3 Å². The third-order valence-corrected chi connectivity index (χ3v) is 8.36. The summed E-state index contributed by atoms with van der Waals surface area (Å²) in [5, 5.41) is 16.4. The Morgan fingerprint density at radius 2 is 1.92 bits per heavy atom. The Morgan fingerprint density at radius 3 is 2.67 bits per heavy atom. The van der Waals surface area contributed by atoms with Gasteiger partial charge in [-0.2, -0.15) is 16.7 Å². The Hall–Kier alpha value is -2.66. The van der Waals surface area contributed by atoms with E-state index in [0.717, 1.165) is 24.8 Å². The van der Waals surface area contributed by atoms with Gasteiger partial charge in [-0.15, -0.1) is 0 Å². The molecule has 2 saturated heterocycles. The van der Waals surface area contributed by atoms with Crippen LogP contribution < -0.4 is 15.1 Å². The molecule has 0 radical (unpaired) electrons. The van der Waals surface area contributed by atoms with Gasteiger partial charge < -0.3 is 29.7 Å². The van der Waals surface area contributed by atoms with Gasteiger partial charge in [0.2, 0.25) is 5.95 Å². The average Bonchev–Trinajstić information content (AvgIpc) is 2.91. The number of nitrogens with one attached hydrogen (secondary N) is 1. The highest BCUT2D eigenvalue weighted by Crippen LogP contribution is 2.37. The van der Waals surface area contributed by atoms with E-state index >= 15 is 0 Å². The van der Waals surface area contributed by atoms with Crippen molar-refractivity contribution in [1.29, 1.82) is 0 Å². The van der Waals surface area contributed by atoms with E-state index in [4.69, 9.17) is 19.4 Å². The number of aliphatic hydroxyl groups is 1. The minimum absolute atomic E-state index is 0.202. The molecule has 2 fully saturated rings. The maximum absolute atomic E-state index is 10.6. The molecule has 1 aromatic carbocycles. The van der Waals surface area contributed by atoms with Gasteiger partial charge in [0, 0.05) is 62.7 Å². The molecule has 5 rings (SSSR count). The Kier molecular flexibility index (Phi) is 9.06. The molecular formula is C29H40N6O3S. The van der Waals surface area contributed by atoms with Crippen molar-refractivity contribution < 1.29 is 14.6 Å². The fraction of sp³-hybridized carbons (Fsp3) is 0.552. The van der Waals surface area contributed by atoms with Crippen LogP contribution in [0, 0.1) is 5.92 Å². The number of methoxy groups -OCH3 is 1. The van der Waals surface area contributed by atoms with Crippen LogP contribution in [0.2, 0.25) is 0 Å². The number of benzene rings is 1. The van der Waals surface area contributed by atoms with Gasteiger partial charge in [0.1, 0.15) is 11.6 Å². The summed E-state index contributed by atoms with van der Waals surface area (Å²) >= 11 is 1.93. The first-order valence-electron chi connectivity index (χ1n) is 13.8. The van der Waals surface area contributed by atoms with Crippen LogP contribution in [0.5, 0.6) is 0 Å². The second-order valence-electron chi connectivity index (χ2n) is 10.7. The summed E-state index contributed by atoms with van der Waals surface area (Å²) in [6.45, 7) is 8.80. The molecule has 0 bridgehead atoms. The van der Waals surface area contributed by atoms with Crippen LogP contribution >= 0.6 is 11.8 Å². The number of aliphatic hydroxyl groups excluding tert-OH is 1. The van der Waals surface area contributed by atoms with Crippen molar-refractivity contribution in [2.45, 2.75) is 38.4 Å². The number of anilines is 4. The van der Waals surface area contributed by atoms with Crippen LogP contribution in [-0.4, -0.2) is 90.8 Å². The fourth-order valence-electron chi connectivity index (χ4n) is 5.47. The van der Waals surface area contributed by atoms with Gasteiger partial charge in [-0.05, 0) is 53.5 Å². The number of nitrogens with zero attached hydrogens (tertiary/aromatic N) is 5. The highest BCUT2D eigenvalue weighted by Gasteiger charge is 2.30.